The van der Waals surface area contributed by atoms with Gasteiger partial charge >= 0.3 is 0 Å². The summed E-state index contributed by atoms with van der Waals surface area (Å²) in [6.45, 7) is 2.17. The molecule has 6 heteroatoms. The van der Waals surface area contributed by atoms with Gasteiger partial charge in [-0.15, -0.1) is 11.3 Å². The number of nitrogens with two attached hydrogens (primary N) is 1. The summed E-state index contributed by atoms with van der Waals surface area (Å²) in [4.78, 5) is 19.3. The number of aromatic nitrogens is 1. The van der Waals surface area contributed by atoms with Crippen LogP contribution < -0.4 is 5.73 Å². The summed E-state index contributed by atoms with van der Waals surface area (Å²) in [6, 6.07) is 0. The van der Waals surface area contributed by atoms with Crippen molar-refractivity contribution in [3.05, 3.63) is 23.2 Å². The lowest BCUT2D eigenvalue weighted by Crippen LogP contribution is -2.04. The molecular weight excluding hydrogens is 214 g/mol. The van der Waals surface area contributed by atoms with E-state index >= 15 is 0 Å². The second-order valence-electron chi connectivity index (χ2n) is 2.48. The molecule has 0 aliphatic carbocycles. The summed E-state index contributed by atoms with van der Waals surface area (Å²) in [5.41, 5.74) is 5.82. The summed E-state index contributed by atoms with van der Waals surface area (Å²) < 4.78 is 0. The van der Waals surface area contributed by atoms with Crippen LogP contribution in [0.15, 0.2) is 22.7 Å². The van der Waals surface area contributed by atoms with Crippen LogP contribution in [-0.2, 0) is 9.63 Å². The minimum absolute atomic E-state index is 0.0208. The van der Waals surface area contributed by atoms with Crippen LogP contribution in [0.25, 0.3) is 0 Å². The number of thiazole rings is 1. The smallest absolute Gasteiger partial charge is 0.259 e. The van der Waals surface area contributed by atoms with Crippen molar-refractivity contribution >= 4 is 28.5 Å². The van der Waals surface area contributed by atoms with Gasteiger partial charge in [0, 0.05) is 5.38 Å². The van der Waals surface area contributed by atoms with Gasteiger partial charge in [-0.05, 0) is 13.0 Å². The van der Waals surface area contributed by atoms with E-state index in [4.69, 9.17) is 10.6 Å². The van der Waals surface area contributed by atoms with Crippen LogP contribution in [-0.4, -0.2) is 23.6 Å². The fourth-order valence-electron chi connectivity index (χ4n) is 0.755. The molecule has 1 heterocycles. The van der Waals surface area contributed by atoms with Crippen molar-refractivity contribution in [2.75, 3.05) is 12.3 Å². The molecule has 0 unspecified atom stereocenters. The Morgan fingerprint density at radius 2 is 2.67 bits per heavy atom. The molecule has 0 atom stereocenters. The summed E-state index contributed by atoms with van der Waals surface area (Å²) in [7, 11) is 0. The van der Waals surface area contributed by atoms with E-state index in [0.29, 0.717) is 17.4 Å². The number of anilines is 1. The predicted octanol–water partition coefficient (Wildman–Crippen LogP) is 1.13. The Kier molecular flexibility index (Phi) is 4.49. The maximum atomic E-state index is 10.5. The zero-order chi connectivity index (χ0) is 11.1. The van der Waals surface area contributed by atoms with E-state index in [1.807, 2.05) is 13.0 Å². The number of hydrogen-bond acceptors (Lipinski definition) is 6. The zero-order valence-electron chi connectivity index (χ0n) is 8.14. The lowest BCUT2D eigenvalue weighted by molar-refractivity contribution is 0.175. The molecule has 1 rings (SSSR count). The van der Waals surface area contributed by atoms with E-state index in [0.717, 1.165) is 0 Å². The molecule has 0 fully saturated rings. The Hall–Kier alpha value is -1.69. The number of nitrogens with zero attached hydrogens (tertiary/aromatic N) is 2. The number of rotatable bonds is 5. The number of hydrogen-bond donors (Lipinski definition) is 1. The first-order chi connectivity index (χ1) is 7.27. The van der Waals surface area contributed by atoms with Crippen molar-refractivity contribution < 1.29 is 9.63 Å². The average Bonchev–Trinajstić information content (AvgIpc) is 2.65. The highest BCUT2D eigenvalue weighted by atomic mass is 32.1. The van der Waals surface area contributed by atoms with Crippen molar-refractivity contribution in [2.45, 2.75) is 6.92 Å². The zero-order valence-corrected chi connectivity index (χ0v) is 8.95. The van der Waals surface area contributed by atoms with Crippen LogP contribution in [0.2, 0.25) is 0 Å². The van der Waals surface area contributed by atoms with Gasteiger partial charge in [-0.3, -0.25) is 4.79 Å². The number of carbonyl (C=O) groups excluding carboxylic acids is 1. The van der Waals surface area contributed by atoms with Gasteiger partial charge in [0.1, 0.15) is 12.3 Å². The normalized spacial score (nSPS) is 11.9. The highest BCUT2D eigenvalue weighted by molar-refractivity contribution is 7.13. The molecule has 0 aromatic carbocycles. The lowest BCUT2D eigenvalue weighted by Gasteiger charge is -1.94. The fraction of sp³-hybridized carbons (Fsp3) is 0.222. The molecule has 5 nitrogen and oxygen atoms in total. The van der Waals surface area contributed by atoms with Crippen molar-refractivity contribution in [2.24, 2.45) is 5.16 Å². The van der Waals surface area contributed by atoms with Crippen LogP contribution in [0.1, 0.15) is 12.6 Å². The molecule has 0 bridgehead atoms. The number of oxime groups is 1. The standard InChI is InChI=1S/C9H10N3O2S/c1-2-3-4-14-12-7(5-13)8-6-15-9(10)11-8/h2-3,6H,4H2,1H3,(H2,10,11)/b3-2?,12-7+. The topological polar surface area (TPSA) is 77.6 Å². The molecule has 2 N–H and O–H groups in total. The molecule has 1 radical (unpaired) electrons. The first kappa shape index (κ1) is 11.4. The van der Waals surface area contributed by atoms with E-state index in [1.54, 1.807) is 17.7 Å². The van der Waals surface area contributed by atoms with E-state index < -0.39 is 0 Å². The average molecular weight is 224 g/mol. The highest BCUT2D eigenvalue weighted by Gasteiger charge is 2.08. The molecule has 0 saturated heterocycles. The minimum atomic E-state index is 0.0208. The maximum absolute atomic E-state index is 10.5. The summed E-state index contributed by atoms with van der Waals surface area (Å²) in [5.74, 6) is 0. The van der Waals surface area contributed by atoms with Crippen LogP contribution in [0.3, 0.4) is 0 Å². The second kappa shape index (κ2) is 5.92. The van der Waals surface area contributed by atoms with Crippen molar-refractivity contribution in [3.8, 4) is 0 Å². The molecule has 0 aliphatic heterocycles. The van der Waals surface area contributed by atoms with Gasteiger partial charge in [-0.1, -0.05) is 11.2 Å². The van der Waals surface area contributed by atoms with Crippen molar-refractivity contribution in [1.82, 2.24) is 4.98 Å². The summed E-state index contributed by atoms with van der Waals surface area (Å²) in [5, 5.41) is 5.59. The molecule has 0 aliphatic rings. The fourth-order valence-corrected chi connectivity index (χ4v) is 1.30. The van der Waals surface area contributed by atoms with Crippen LogP contribution in [0, 0.1) is 0 Å². The first-order valence-electron chi connectivity index (χ1n) is 4.18. The molecule has 79 valence electrons. The summed E-state index contributed by atoms with van der Waals surface area (Å²) >= 11 is 1.23. The Balaban J connectivity index is 2.66. The molecular formula is C9H10N3O2S. The molecule has 0 spiro atoms. The van der Waals surface area contributed by atoms with Gasteiger partial charge in [0.15, 0.2) is 10.8 Å². The third-order valence-corrected chi connectivity index (χ3v) is 2.10. The van der Waals surface area contributed by atoms with E-state index in [-0.39, 0.29) is 5.71 Å². The Bertz CT molecular complexity index is 384. The van der Waals surface area contributed by atoms with Gasteiger partial charge < -0.3 is 10.6 Å². The van der Waals surface area contributed by atoms with Gasteiger partial charge in [0.05, 0.1) is 0 Å². The lowest BCUT2D eigenvalue weighted by atomic mass is 10.3. The predicted molar refractivity (Wildman–Crippen MR) is 59.5 cm³/mol. The Morgan fingerprint density at radius 1 is 1.87 bits per heavy atom. The molecule has 15 heavy (non-hydrogen) atoms. The largest absolute Gasteiger partial charge is 0.391 e. The number of allylic oxidation sites excluding steroid dienone is 1. The third-order valence-electron chi connectivity index (χ3n) is 1.42. The van der Waals surface area contributed by atoms with E-state index in [1.165, 1.54) is 11.3 Å². The second-order valence-corrected chi connectivity index (χ2v) is 3.37. The minimum Gasteiger partial charge on any atom is -0.391 e. The van der Waals surface area contributed by atoms with Crippen LogP contribution in [0.4, 0.5) is 5.13 Å². The highest BCUT2D eigenvalue weighted by Crippen LogP contribution is 2.11. The van der Waals surface area contributed by atoms with Crippen LogP contribution >= 0.6 is 11.3 Å². The molecule has 0 amide bonds. The molecule has 1 aromatic heterocycles. The van der Waals surface area contributed by atoms with Crippen molar-refractivity contribution in [3.63, 3.8) is 0 Å². The van der Waals surface area contributed by atoms with Gasteiger partial charge in [-0.2, -0.15) is 0 Å². The SMILES string of the molecule is CC=CCO/N=C(\[C]=O)c1csc(N)n1. The van der Waals surface area contributed by atoms with Crippen molar-refractivity contribution in [1.29, 1.82) is 0 Å². The third kappa shape index (κ3) is 3.51. The Labute approximate surface area is 91.3 Å². The maximum Gasteiger partial charge on any atom is 0.259 e. The number of nitrogen functional groups attached to an aromatic ring is 1. The quantitative estimate of drug-likeness (QED) is 0.352. The summed E-state index contributed by atoms with van der Waals surface area (Å²) in [6.07, 6.45) is 5.23. The molecule has 0 saturated carbocycles. The monoisotopic (exact) mass is 224 g/mol. The van der Waals surface area contributed by atoms with Gasteiger partial charge in [0.25, 0.3) is 6.29 Å². The van der Waals surface area contributed by atoms with Crippen LogP contribution in [0.5, 0.6) is 0 Å². The first-order valence-corrected chi connectivity index (χ1v) is 5.06. The van der Waals surface area contributed by atoms with E-state index in [9.17, 15) is 4.79 Å². The van der Waals surface area contributed by atoms with Gasteiger partial charge in [-0.25, -0.2) is 4.98 Å². The van der Waals surface area contributed by atoms with Gasteiger partial charge in [0.2, 0.25) is 0 Å². The van der Waals surface area contributed by atoms with E-state index in [2.05, 4.69) is 10.1 Å². The molecule has 1 aromatic rings. The Morgan fingerprint density at radius 3 is 3.20 bits per heavy atom.